The van der Waals surface area contributed by atoms with Crippen LogP contribution in [0.25, 0.3) is 0 Å². The molecular weight excluding hydrogens is 300 g/mol. The SMILES string of the molecule is C/C=C1/CCC2C3C(O)[C@H](O)C4CC(=O)CC[C@]4(C)C3CC[C@]12C. The standard InChI is InChI=1S/C21H32O3/c1-4-12-5-6-14-17-15(8-10-20(12,14)2)21(3)9-7-13(22)11-16(21)18(23)19(17)24/h4,14-19,23-24H,5-11H2,1-3H3/b12-4-/t14?,15?,16?,17?,18-,19?,20-,21-/m1/s1. The van der Waals surface area contributed by atoms with Crippen LogP contribution in [0.4, 0.5) is 0 Å². The second-order valence-corrected chi connectivity index (χ2v) is 9.44. The average Bonchev–Trinajstić information content (AvgIpc) is 2.90. The van der Waals surface area contributed by atoms with Gasteiger partial charge in [-0.05, 0) is 73.5 Å². The molecule has 2 N–H and O–H groups in total. The average molecular weight is 332 g/mol. The van der Waals surface area contributed by atoms with E-state index >= 15 is 0 Å². The smallest absolute Gasteiger partial charge is 0.133 e. The van der Waals surface area contributed by atoms with Crippen molar-refractivity contribution in [2.45, 2.75) is 77.9 Å². The van der Waals surface area contributed by atoms with E-state index in [1.165, 1.54) is 6.42 Å². The Kier molecular flexibility index (Phi) is 3.78. The van der Waals surface area contributed by atoms with Gasteiger partial charge in [0.2, 0.25) is 0 Å². The van der Waals surface area contributed by atoms with Crippen LogP contribution in [0.3, 0.4) is 0 Å². The summed E-state index contributed by atoms with van der Waals surface area (Å²) < 4.78 is 0. The third kappa shape index (κ3) is 2.00. The number of carbonyl (C=O) groups is 1. The van der Waals surface area contributed by atoms with Crippen molar-refractivity contribution in [1.82, 2.24) is 0 Å². The van der Waals surface area contributed by atoms with Crippen LogP contribution in [0.2, 0.25) is 0 Å². The van der Waals surface area contributed by atoms with Crippen LogP contribution >= 0.6 is 0 Å². The molecule has 0 bridgehead atoms. The van der Waals surface area contributed by atoms with Crippen LogP contribution in [-0.2, 0) is 4.79 Å². The zero-order valence-corrected chi connectivity index (χ0v) is 15.3. The Morgan fingerprint density at radius 2 is 1.75 bits per heavy atom. The second kappa shape index (κ2) is 5.41. The summed E-state index contributed by atoms with van der Waals surface area (Å²) in [6.07, 6.45) is 7.48. The van der Waals surface area contributed by atoms with Crippen LogP contribution in [0.5, 0.6) is 0 Å². The van der Waals surface area contributed by atoms with E-state index < -0.39 is 12.2 Å². The summed E-state index contributed by atoms with van der Waals surface area (Å²) in [7, 11) is 0. The van der Waals surface area contributed by atoms with Gasteiger partial charge in [-0.2, -0.15) is 0 Å². The van der Waals surface area contributed by atoms with Crippen molar-refractivity contribution in [3.63, 3.8) is 0 Å². The van der Waals surface area contributed by atoms with Crippen molar-refractivity contribution in [2.24, 2.45) is 34.5 Å². The minimum Gasteiger partial charge on any atom is -0.390 e. The van der Waals surface area contributed by atoms with E-state index in [0.29, 0.717) is 24.7 Å². The predicted molar refractivity (Wildman–Crippen MR) is 93.3 cm³/mol. The highest BCUT2D eigenvalue weighted by molar-refractivity contribution is 5.79. The molecule has 24 heavy (non-hydrogen) atoms. The first-order valence-corrected chi connectivity index (χ1v) is 9.86. The third-order valence-corrected chi connectivity index (χ3v) is 8.77. The summed E-state index contributed by atoms with van der Waals surface area (Å²) in [5.74, 6) is 1.32. The van der Waals surface area contributed by atoms with Gasteiger partial charge in [0.25, 0.3) is 0 Å². The molecule has 0 aromatic heterocycles. The molecular formula is C21H32O3. The highest BCUT2D eigenvalue weighted by Gasteiger charge is 2.64. The largest absolute Gasteiger partial charge is 0.390 e. The molecule has 4 fully saturated rings. The quantitative estimate of drug-likeness (QED) is 0.668. The molecule has 4 aliphatic carbocycles. The molecule has 4 rings (SSSR count). The summed E-state index contributed by atoms with van der Waals surface area (Å²) in [6.45, 7) is 6.82. The summed E-state index contributed by atoms with van der Waals surface area (Å²) in [6, 6.07) is 0. The Balaban J connectivity index is 1.74. The Labute approximate surface area is 145 Å². The minimum absolute atomic E-state index is 0.0111. The van der Waals surface area contributed by atoms with Gasteiger partial charge in [0.1, 0.15) is 5.78 Å². The summed E-state index contributed by atoms with van der Waals surface area (Å²) in [4.78, 5) is 12.0. The Hall–Kier alpha value is -0.670. The van der Waals surface area contributed by atoms with Crippen molar-refractivity contribution >= 4 is 5.78 Å². The van der Waals surface area contributed by atoms with Crippen molar-refractivity contribution in [2.75, 3.05) is 0 Å². The van der Waals surface area contributed by atoms with Crippen LogP contribution < -0.4 is 0 Å². The van der Waals surface area contributed by atoms with E-state index in [-0.39, 0.29) is 28.4 Å². The molecule has 8 atom stereocenters. The lowest BCUT2D eigenvalue weighted by atomic mass is 9.43. The Bertz CT molecular complexity index is 582. The van der Waals surface area contributed by atoms with Gasteiger partial charge in [-0.25, -0.2) is 0 Å². The van der Waals surface area contributed by atoms with Gasteiger partial charge in [0, 0.05) is 12.8 Å². The van der Waals surface area contributed by atoms with Gasteiger partial charge in [-0.1, -0.05) is 25.5 Å². The maximum absolute atomic E-state index is 12.0. The fraction of sp³-hybridized carbons (Fsp3) is 0.857. The summed E-state index contributed by atoms with van der Waals surface area (Å²) >= 11 is 0. The molecule has 4 aliphatic rings. The number of allylic oxidation sites excluding steroid dienone is 2. The number of carbonyl (C=O) groups excluding carboxylic acids is 1. The second-order valence-electron chi connectivity index (χ2n) is 9.44. The van der Waals surface area contributed by atoms with Crippen LogP contribution in [-0.4, -0.2) is 28.2 Å². The molecule has 4 saturated carbocycles. The molecule has 0 aliphatic heterocycles. The molecule has 0 aromatic rings. The highest BCUT2D eigenvalue weighted by atomic mass is 16.3. The van der Waals surface area contributed by atoms with Gasteiger partial charge in [-0.3, -0.25) is 4.79 Å². The number of rotatable bonds is 0. The third-order valence-electron chi connectivity index (χ3n) is 8.77. The summed E-state index contributed by atoms with van der Waals surface area (Å²) in [5, 5.41) is 22.0. The van der Waals surface area contributed by atoms with E-state index in [1.54, 1.807) is 5.57 Å². The first-order chi connectivity index (χ1) is 11.3. The van der Waals surface area contributed by atoms with Crippen LogP contribution in [0.15, 0.2) is 11.6 Å². The van der Waals surface area contributed by atoms with Gasteiger partial charge in [-0.15, -0.1) is 0 Å². The maximum atomic E-state index is 12.0. The normalized spacial score (nSPS) is 55.9. The zero-order valence-electron chi connectivity index (χ0n) is 15.3. The number of fused-ring (bicyclic) bond motifs is 5. The molecule has 0 spiro atoms. The van der Waals surface area contributed by atoms with E-state index in [9.17, 15) is 15.0 Å². The lowest BCUT2D eigenvalue weighted by Gasteiger charge is -2.62. The molecule has 0 aromatic carbocycles. The van der Waals surface area contributed by atoms with Gasteiger partial charge in [0.15, 0.2) is 0 Å². The highest BCUT2D eigenvalue weighted by Crippen LogP contribution is 2.67. The lowest BCUT2D eigenvalue weighted by Crippen LogP contribution is -2.63. The van der Waals surface area contributed by atoms with Crippen molar-refractivity contribution in [3.8, 4) is 0 Å². The minimum atomic E-state index is -0.738. The van der Waals surface area contributed by atoms with Crippen LogP contribution in [0.1, 0.15) is 65.7 Å². The molecule has 0 saturated heterocycles. The molecule has 3 heteroatoms. The molecule has 0 heterocycles. The first kappa shape index (κ1) is 16.8. The number of hydrogen-bond donors (Lipinski definition) is 2. The molecule has 0 amide bonds. The van der Waals surface area contributed by atoms with Crippen molar-refractivity contribution < 1.29 is 15.0 Å². The van der Waals surface area contributed by atoms with Crippen LogP contribution in [0, 0.1) is 34.5 Å². The molecule has 5 unspecified atom stereocenters. The topological polar surface area (TPSA) is 57.5 Å². The van der Waals surface area contributed by atoms with Gasteiger partial charge in [0.05, 0.1) is 12.2 Å². The van der Waals surface area contributed by atoms with Gasteiger partial charge < -0.3 is 10.2 Å². The molecule has 0 radical (unpaired) electrons. The molecule has 3 nitrogen and oxygen atoms in total. The maximum Gasteiger partial charge on any atom is 0.133 e. The monoisotopic (exact) mass is 332 g/mol. The van der Waals surface area contributed by atoms with Crippen molar-refractivity contribution in [3.05, 3.63) is 11.6 Å². The van der Waals surface area contributed by atoms with E-state index in [0.717, 1.165) is 25.7 Å². The van der Waals surface area contributed by atoms with Gasteiger partial charge >= 0.3 is 0 Å². The van der Waals surface area contributed by atoms with Crippen molar-refractivity contribution in [1.29, 1.82) is 0 Å². The lowest BCUT2D eigenvalue weighted by molar-refractivity contribution is -0.208. The first-order valence-electron chi connectivity index (χ1n) is 9.86. The Morgan fingerprint density at radius 1 is 1.00 bits per heavy atom. The number of ketones is 1. The number of aliphatic hydroxyl groups excluding tert-OH is 2. The predicted octanol–water partition coefficient (Wildman–Crippen LogP) is 3.49. The van der Waals surface area contributed by atoms with E-state index in [4.69, 9.17) is 0 Å². The van der Waals surface area contributed by atoms with E-state index in [2.05, 4.69) is 26.8 Å². The number of aliphatic hydroxyl groups is 2. The number of hydrogen-bond acceptors (Lipinski definition) is 3. The zero-order chi connectivity index (χ0) is 17.3. The summed E-state index contributed by atoms with van der Waals surface area (Å²) in [5.41, 5.74) is 1.76. The fourth-order valence-corrected chi connectivity index (χ4v) is 7.38. The number of Topliss-reactive ketones (excluding diaryl/α,β-unsaturated/α-hetero) is 1. The fourth-order valence-electron chi connectivity index (χ4n) is 7.38. The van der Waals surface area contributed by atoms with E-state index in [1.807, 2.05) is 0 Å². The molecule has 134 valence electrons. The Morgan fingerprint density at radius 3 is 2.46 bits per heavy atom.